The number of benzene rings is 4. The molecule has 0 bridgehead atoms. The number of hydrogen-bond acceptors (Lipinski definition) is 4. The minimum atomic E-state index is 1.06. The van der Waals surface area contributed by atoms with Gasteiger partial charge in [0.2, 0.25) is 0 Å². The zero-order valence-corrected chi connectivity index (χ0v) is 20.4. The molecule has 0 aromatic heterocycles. The number of rotatable bonds is 7. The van der Waals surface area contributed by atoms with Crippen LogP contribution >= 0.6 is 47.0 Å². The second-order valence-electron chi connectivity index (χ2n) is 6.50. The lowest BCUT2D eigenvalue weighted by Crippen LogP contribution is -1.83. The van der Waals surface area contributed by atoms with Crippen molar-refractivity contribution in [2.24, 2.45) is 0 Å². The SMILES string of the molecule is C(#CC(Sc1ccccc1)=C(Sc1ccccc1)Sc1ccccc1)Sc1ccccc1. The molecule has 4 heteroatoms. The monoisotopic (exact) mass is 484 g/mol. The van der Waals surface area contributed by atoms with Crippen LogP contribution in [0.25, 0.3) is 0 Å². The van der Waals surface area contributed by atoms with Crippen LogP contribution in [0.4, 0.5) is 0 Å². The van der Waals surface area contributed by atoms with Crippen molar-refractivity contribution in [2.75, 3.05) is 0 Å². The molecule has 32 heavy (non-hydrogen) atoms. The van der Waals surface area contributed by atoms with E-state index < -0.39 is 0 Å². The minimum absolute atomic E-state index is 1.06. The van der Waals surface area contributed by atoms with Gasteiger partial charge in [-0.25, -0.2) is 0 Å². The van der Waals surface area contributed by atoms with Gasteiger partial charge in [0, 0.05) is 19.6 Å². The number of allylic oxidation sites excluding steroid dienone is 1. The first kappa shape index (κ1) is 22.8. The van der Waals surface area contributed by atoms with E-state index >= 15 is 0 Å². The Morgan fingerprint density at radius 1 is 0.438 bits per heavy atom. The summed E-state index contributed by atoms with van der Waals surface area (Å²) in [4.78, 5) is 5.80. The lowest BCUT2D eigenvalue weighted by atomic mass is 10.4. The maximum atomic E-state index is 3.47. The van der Waals surface area contributed by atoms with Gasteiger partial charge in [0.1, 0.15) is 0 Å². The second-order valence-corrected chi connectivity index (χ2v) is 10.9. The summed E-state index contributed by atoms with van der Waals surface area (Å²) in [7, 11) is 0. The van der Waals surface area contributed by atoms with Gasteiger partial charge in [-0.1, -0.05) is 108 Å². The van der Waals surface area contributed by atoms with Crippen molar-refractivity contribution in [1.29, 1.82) is 0 Å². The summed E-state index contributed by atoms with van der Waals surface area (Å²) in [5.74, 6) is 3.47. The predicted octanol–water partition coefficient (Wildman–Crippen LogP) is 9.29. The van der Waals surface area contributed by atoms with Gasteiger partial charge in [0.05, 0.1) is 9.14 Å². The van der Waals surface area contributed by atoms with Crippen LogP contribution in [-0.4, -0.2) is 0 Å². The summed E-state index contributed by atoms with van der Waals surface area (Å²) in [6.45, 7) is 0. The molecule has 4 aromatic carbocycles. The molecule has 0 atom stereocenters. The summed E-state index contributed by atoms with van der Waals surface area (Å²) in [5.41, 5.74) is 0. The van der Waals surface area contributed by atoms with Crippen molar-refractivity contribution in [3.63, 3.8) is 0 Å². The maximum absolute atomic E-state index is 3.47. The highest BCUT2D eigenvalue weighted by atomic mass is 32.2. The van der Waals surface area contributed by atoms with Crippen LogP contribution in [0.1, 0.15) is 0 Å². The Hall–Kier alpha value is -2.42. The maximum Gasteiger partial charge on any atom is 0.0838 e. The zero-order valence-electron chi connectivity index (χ0n) is 17.2. The molecule has 156 valence electrons. The van der Waals surface area contributed by atoms with Crippen molar-refractivity contribution in [2.45, 2.75) is 19.6 Å². The molecule has 0 heterocycles. The number of thioether (sulfide) groups is 4. The van der Waals surface area contributed by atoms with E-state index in [1.54, 1.807) is 47.0 Å². The average Bonchev–Trinajstić information content (AvgIpc) is 2.86. The highest BCUT2D eigenvalue weighted by Gasteiger charge is 2.12. The Morgan fingerprint density at radius 3 is 1.25 bits per heavy atom. The fraction of sp³-hybridized carbons (Fsp3) is 0. The van der Waals surface area contributed by atoms with E-state index in [0.717, 1.165) is 9.80 Å². The largest absolute Gasteiger partial charge is 0.0838 e. The minimum Gasteiger partial charge on any atom is -0.0808 e. The zero-order chi connectivity index (χ0) is 21.8. The molecule has 0 aliphatic heterocycles. The molecule has 0 amide bonds. The molecule has 0 saturated heterocycles. The van der Waals surface area contributed by atoms with Crippen molar-refractivity contribution in [3.8, 4) is 11.2 Å². The Kier molecular flexibility index (Phi) is 8.94. The van der Waals surface area contributed by atoms with Gasteiger partial charge in [0.15, 0.2) is 0 Å². The molecule has 0 nitrogen and oxygen atoms in total. The van der Waals surface area contributed by atoms with Crippen LogP contribution in [0.2, 0.25) is 0 Å². The molecule has 0 aliphatic carbocycles. The molecule has 0 unspecified atom stereocenters. The Balaban J connectivity index is 1.71. The summed E-state index contributed by atoms with van der Waals surface area (Å²) >= 11 is 6.82. The third-order valence-electron chi connectivity index (χ3n) is 4.13. The third-order valence-corrected chi connectivity index (χ3v) is 8.42. The summed E-state index contributed by atoms with van der Waals surface area (Å²) < 4.78 is 1.18. The number of hydrogen-bond donors (Lipinski definition) is 0. The van der Waals surface area contributed by atoms with E-state index in [0.29, 0.717) is 0 Å². The second kappa shape index (κ2) is 12.6. The van der Waals surface area contributed by atoms with Crippen LogP contribution in [-0.2, 0) is 0 Å². The van der Waals surface area contributed by atoms with Gasteiger partial charge in [0.25, 0.3) is 0 Å². The highest BCUT2D eigenvalue weighted by Crippen LogP contribution is 2.45. The van der Waals surface area contributed by atoms with Crippen molar-refractivity contribution in [3.05, 3.63) is 130 Å². The fourth-order valence-corrected chi connectivity index (χ4v) is 6.54. The summed E-state index contributed by atoms with van der Waals surface area (Å²) in [5, 5.41) is 3.34. The fourth-order valence-electron chi connectivity index (χ4n) is 2.65. The molecule has 0 saturated carbocycles. The first-order valence-corrected chi connectivity index (χ1v) is 13.3. The first-order valence-electron chi connectivity index (χ1n) is 10.0. The van der Waals surface area contributed by atoms with Gasteiger partial charge < -0.3 is 0 Å². The van der Waals surface area contributed by atoms with E-state index in [1.807, 2.05) is 36.4 Å². The quantitative estimate of drug-likeness (QED) is 0.189. The van der Waals surface area contributed by atoms with Crippen LogP contribution in [0.3, 0.4) is 0 Å². The molecule has 0 fully saturated rings. The van der Waals surface area contributed by atoms with Crippen LogP contribution < -0.4 is 0 Å². The molecular weight excluding hydrogens is 465 g/mol. The molecule has 0 N–H and O–H groups in total. The van der Waals surface area contributed by atoms with Gasteiger partial charge >= 0.3 is 0 Å². The van der Waals surface area contributed by atoms with Crippen LogP contribution in [0, 0.1) is 11.2 Å². The molecular formula is C28H20S4. The Bertz CT molecular complexity index is 1150. The smallest absolute Gasteiger partial charge is 0.0808 e. The van der Waals surface area contributed by atoms with E-state index in [2.05, 4.69) is 96.1 Å². The summed E-state index contributed by atoms with van der Waals surface area (Å²) in [6.07, 6.45) is 0. The van der Waals surface area contributed by atoms with Crippen LogP contribution in [0.15, 0.2) is 150 Å². The normalized spacial score (nSPS) is 10.1. The first-order chi connectivity index (χ1) is 15.9. The van der Waals surface area contributed by atoms with Gasteiger partial charge in [-0.15, -0.1) is 0 Å². The van der Waals surface area contributed by atoms with E-state index in [-0.39, 0.29) is 0 Å². The Labute approximate surface area is 207 Å². The van der Waals surface area contributed by atoms with Gasteiger partial charge in [-0.3, -0.25) is 0 Å². The van der Waals surface area contributed by atoms with Crippen molar-refractivity contribution >= 4 is 47.0 Å². The predicted molar refractivity (Wildman–Crippen MR) is 144 cm³/mol. The lowest BCUT2D eigenvalue weighted by molar-refractivity contribution is 1.46. The van der Waals surface area contributed by atoms with Gasteiger partial charge in [-0.2, -0.15) is 0 Å². The topological polar surface area (TPSA) is 0 Å². The molecule has 0 aliphatic rings. The van der Waals surface area contributed by atoms with Crippen molar-refractivity contribution < 1.29 is 0 Å². The lowest BCUT2D eigenvalue weighted by Gasteiger charge is -2.11. The van der Waals surface area contributed by atoms with E-state index in [4.69, 9.17) is 0 Å². The molecule has 0 radical (unpaired) electrons. The van der Waals surface area contributed by atoms with Crippen molar-refractivity contribution in [1.82, 2.24) is 0 Å². The van der Waals surface area contributed by atoms with E-state index in [1.165, 1.54) is 18.9 Å². The third kappa shape index (κ3) is 7.32. The standard InChI is InChI=1S/C28H20S4/c1-5-13-23(14-6-1)29-22-21-27(30-24-15-7-2-8-16-24)28(31-25-17-9-3-10-18-25)32-26-19-11-4-12-20-26/h1-20H. The molecule has 4 rings (SSSR count). The molecule has 4 aromatic rings. The average molecular weight is 485 g/mol. The highest BCUT2D eigenvalue weighted by molar-refractivity contribution is 8.23. The van der Waals surface area contributed by atoms with Crippen LogP contribution in [0.5, 0.6) is 0 Å². The summed E-state index contributed by atoms with van der Waals surface area (Å²) in [6, 6.07) is 41.7. The van der Waals surface area contributed by atoms with Gasteiger partial charge in [-0.05, 0) is 71.5 Å². The Morgan fingerprint density at radius 2 is 0.812 bits per heavy atom. The molecule has 0 spiro atoms. The van der Waals surface area contributed by atoms with E-state index in [9.17, 15) is 0 Å².